The van der Waals surface area contributed by atoms with Crippen molar-refractivity contribution in [3.05, 3.63) is 11.9 Å². The van der Waals surface area contributed by atoms with Gasteiger partial charge in [0.15, 0.2) is 5.78 Å². The smallest absolute Gasteiger partial charge is 0.154 e. The maximum absolute atomic E-state index is 11.0. The predicted octanol–water partition coefficient (Wildman–Crippen LogP) is 0.820. The lowest BCUT2D eigenvalue weighted by Gasteiger charge is -1.94. The fourth-order valence-corrected chi connectivity index (χ4v) is 0.870. The quantitative estimate of drug-likeness (QED) is 0.667. The summed E-state index contributed by atoms with van der Waals surface area (Å²) < 4.78 is 1.59. The molecule has 0 amide bonds. The van der Waals surface area contributed by atoms with Gasteiger partial charge in [-0.05, 0) is 6.42 Å². The van der Waals surface area contributed by atoms with Crippen LogP contribution in [-0.4, -0.2) is 20.8 Å². The molecule has 0 aliphatic carbocycles. The minimum atomic E-state index is 0.183. The third-order valence-corrected chi connectivity index (χ3v) is 1.68. The molecule has 66 valence electrons. The van der Waals surface area contributed by atoms with Gasteiger partial charge in [0.2, 0.25) is 0 Å². The highest BCUT2D eigenvalue weighted by Gasteiger charge is 2.02. The van der Waals surface area contributed by atoms with E-state index in [4.69, 9.17) is 0 Å². The van der Waals surface area contributed by atoms with E-state index in [1.165, 1.54) is 0 Å². The Labute approximate surface area is 71.6 Å². The van der Waals surface area contributed by atoms with E-state index in [-0.39, 0.29) is 5.78 Å². The summed E-state index contributed by atoms with van der Waals surface area (Å²) in [5, 5.41) is 7.70. The van der Waals surface area contributed by atoms with Crippen LogP contribution in [0, 0.1) is 0 Å². The van der Waals surface area contributed by atoms with Crippen LogP contribution < -0.4 is 0 Å². The molecule has 0 saturated heterocycles. The van der Waals surface area contributed by atoms with Crippen LogP contribution >= 0.6 is 0 Å². The molecular weight excluding hydrogens is 154 g/mol. The van der Waals surface area contributed by atoms with Gasteiger partial charge in [0.05, 0.1) is 5.69 Å². The highest BCUT2D eigenvalue weighted by molar-refractivity contribution is 5.77. The molecule has 1 heterocycles. The average Bonchev–Trinajstić information content (AvgIpc) is 2.52. The van der Waals surface area contributed by atoms with E-state index >= 15 is 0 Å². The topological polar surface area (TPSA) is 47.8 Å². The zero-order valence-electron chi connectivity index (χ0n) is 7.45. The number of carbonyl (C=O) groups excluding carboxylic acids is 1. The van der Waals surface area contributed by atoms with Crippen molar-refractivity contribution in [3.63, 3.8) is 0 Å². The molecule has 0 unspecified atom stereocenters. The Morgan fingerprint density at radius 2 is 2.33 bits per heavy atom. The molecule has 0 radical (unpaired) electrons. The Balaban J connectivity index is 2.58. The van der Waals surface area contributed by atoms with Gasteiger partial charge in [-0.3, -0.25) is 4.79 Å². The Kier molecular flexibility index (Phi) is 2.96. The average molecular weight is 167 g/mol. The first kappa shape index (κ1) is 8.90. The number of aromatic nitrogens is 3. The van der Waals surface area contributed by atoms with Gasteiger partial charge in [0.25, 0.3) is 0 Å². The Morgan fingerprint density at radius 1 is 1.58 bits per heavy atom. The van der Waals surface area contributed by atoms with Gasteiger partial charge < -0.3 is 0 Å². The Bertz CT molecular complexity index is 267. The number of aryl methyl sites for hydroxylation is 1. The Morgan fingerprint density at radius 3 is 2.83 bits per heavy atom. The fraction of sp³-hybridized carbons (Fsp3) is 0.625. The summed E-state index contributed by atoms with van der Waals surface area (Å²) in [6.45, 7) is 4.21. The van der Waals surface area contributed by atoms with Crippen molar-refractivity contribution < 1.29 is 4.79 Å². The third kappa shape index (κ3) is 2.15. The molecule has 0 aliphatic heterocycles. The summed E-state index contributed by atoms with van der Waals surface area (Å²) in [5.41, 5.74) is 0.930. The van der Waals surface area contributed by atoms with E-state index in [1.54, 1.807) is 4.68 Å². The first-order valence-corrected chi connectivity index (χ1v) is 4.17. The second kappa shape index (κ2) is 3.99. The number of Topliss-reactive ketones (excluding diaryl/α,β-unsaturated/α-hetero) is 1. The van der Waals surface area contributed by atoms with Crippen molar-refractivity contribution in [2.45, 2.75) is 33.2 Å². The number of hydrogen-bond acceptors (Lipinski definition) is 3. The molecule has 1 rings (SSSR count). The van der Waals surface area contributed by atoms with E-state index < -0.39 is 0 Å². The van der Waals surface area contributed by atoms with Gasteiger partial charge in [-0.15, -0.1) is 5.10 Å². The van der Waals surface area contributed by atoms with Crippen molar-refractivity contribution in [1.29, 1.82) is 0 Å². The monoisotopic (exact) mass is 167 g/mol. The minimum absolute atomic E-state index is 0.183. The van der Waals surface area contributed by atoms with E-state index in [2.05, 4.69) is 10.3 Å². The second-order valence-electron chi connectivity index (χ2n) is 2.65. The van der Waals surface area contributed by atoms with E-state index in [9.17, 15) is 4.79 Å². The van der Waals surface area contributed by atoms with E-state index in [0.717, 1.165) is 12.1 Å². The van der Waals surface area contributed by atoms with Crippen LogP contribution in [0.3, 0.4) is 0 Å². The molecule has 0 atom stereocenters. The molecule has 1 aromatic heterocycles. The van der Waals surface area contributed by atoms with E-state index in [0.29, 0.717) is 13.0 Å². The van der Waals surface area contributed by atoms with Crippen molar-refractivity contribution in [1.82, 2.24) is 15.0 Å². The van der Waals surface area contributed by atoms with Crippen LogP contribution in [-0.2, 0) is 17.8 Å². The third-order valence-electron chi connectivity index (χ3n) is 1.68. The van der Waals surface area contributed by atoms with Gasteiger partial charge in [-0.2, -0.15) is 0 Å². The van der Waals surface area contributed by atoms with Crippen molar-refractivity contribution >= 4 is 5.78 Å². The first-order valence-electron chi connectivity index (χ1n) is 4.17. The molecule has 0 aromatic carbocycles. The lowest BCUT2D eigenvalue weighted by Crippen LogP contribution is -2.09. The van der Waals surface area contributed by atoms with Gasteiger partial charge in [-0.1, -0.05) is 19.1 Å². The van der Waals surface area contributed by atoms with Gasteiger partial charge >= 0.3 is 0 Å². The minimum Gasteiger partial charge on any atom is -0.298 e. The number of nitrogens with zero attached hydrogens (tertiary/aromatic N) is 3. The summed E-state index contributed by atoms with van der Waals surface area (Å²) in [5.74, 6) is 0.183. The molecule has 4 nitrogen and oxygen atoms in total. The molecule has 4 heteroatoms. The van der Waals surface area contributed by atoms with Crippen LogP contribution in [0.1, 0.15) is 26.0 Å². The highest BCUT2D eigenvalue weighted by Crippen LogP contribution is 1.94. The number of carbonyl (C=O) groups is 1. The molecule has 0 spiro atoms. The number of ketones is 1. The lowest BCUT2D eigenvalue weighted by molar-refractivity contribution is -0.119. The summed E-state index contributed by atoms with van der Waals surface area (Å²) in [4.78, 5) is 11.0. The maximum Gasteiger partial charge on any atom is 0.154 e. The predicted molar refractivity (Wildman–Crippen MR) is 44.7 cm³/mol. The van der Waals surface area contributed by atoms with Gasteiger partial charge in [0.1, 0.15) is 6.54 Å². The molecule has 0 aliphatic rings. The summed E-state index contributed by atoms with van der Waals surface area (Å²) in [6.07, 6.45) is 3.23. The van der Waals surface area contributed by atoms with Crippen LogP contribution in [0.2, 0.25) is 0 Å². The van der Waals surface area contributed by atoms with Crippen LogP contribution in [0.4, 0.5) is 0 Å². The zero-order valence-corrected chi connectivity index (χ0v) is 7.45. The number of rotatable bonds is 4. The molecule has 1 aromatic rings. The highest BCUT2D eigenvalue weighted by atomic mass is 16.1. The molecule has 0 N–H and O–H groups in total. The lowest BCUT2D eigenvalue weighted by atomic mass is 10.3. The standard InChI is InChI=1S/C8H13N3O/c1-3-7-5-11(10-9-7)6-8(12)4-2/h5H,3-4,6H2,1-2H3. The molecule has 0 fully saturated rings. The van der Waals surface area contributed by atoms with Crippen molar-refractivity contribution in [2.24, 2.45) is 0 Å². The molecule has 12 heavy (non-hydrogen) atoms. The van der Waals surface area contributed by atoms with Crippen LogP contribution in [0.5, 0.6) is 0 Å². The van der Waals surface area contributed by atoms with Crippen LogP contribution in [0.25, 0.3) is 0 Å². The zero-order chi connectivity index (χ0) is 8.97. The van der Waals surface area contributed by atoms with Gasteiger partial charge in [0, 0.05) is 12.6 Å². The number of hydrogen-bond donors (Lipinski definition) is 0. The fourth-order valence-electron chi connectivity index (χ4n) is 0.870. The maximum atomic E-state index is 11.0. The molecular formula is C8H13N3O. The SMILES string of the molecule is CCC(=O)Cn1cc(CC)nn1. The second-order valence-corrected chi connectivity index (χ2v) is 2.65. The van der Waals surface area contributed by atoms with Gasteiger partial charge in [-0.25, -0.2) is 4.68 Å². The van der Waals surface area contributed by atoms with Crippen molar-refractivity contribution in [2.75, 3.05) is 0 Å². The summed E-state index contributed by atoms with van der Waals surface area (Å²) >= 11 is 0. The summed E-state index contributed by atoms with van der Waals surface area (Å²) in [6, 6.07) is 0. The van der Waals surface area contributed by atoms with Crippen LogP contribution in [0.15, 0.2) is 6.20 Å². The normalized spacial score (nSPS) is 10.2. The summed E-state index contributed by atoms with van der Waals surface area (Å²) in [7, 11) is 0. The van der Waals surface area contributed by atoms with E-state index in [1.807, 2.05) is 20.0 Å². The molecule has 0 bridgehead atoms. The largest absolute Gasteiger partial charge is 0.298 e. The molecule has 0 saturated carbocycles. The van der Waals surface area contributed by atoms with Crippen molar-refractivity contribution in [3.8, 4) is 0 Å². The Hall–Kier alpha value is -1.19. The first-order chi connectivity index (χ1) is 5.76.